The van der Waals surface area contributed by atoms with E-state index in [0.29, 0.717) is 31.7 Å². The normalized spacial score (nSPS) is 20.4. The van der Waals surface area contributed by atoms with Gasteiger partial charge in [0.25, 0.3) is 5.91 Å². The van der Waals surface area contributed by atoms with Crippen LogP contribution in [-0.2, 0) is 6.18 Å². The van der Waals surface area contributed by atoms with E-state index in [4.69, 9.17) is 4.74 Å². The number of carbonyl (C=O) groups is 1. The molecule has 0 atom stereocenters. The van der Waals surface area contributed by atoms with Crippen molar-refractivity contribution in [2.45, 2.75) is 44.0 Å². The number of rotatable bonds is 4. The lowest BCUT2D eigenvalue weighted by atomic mass is 9.92. The van der Waals surface area contributed by atoms with Gasteiger partial charge in [-0.3, -0.25) is 4.79 Å². The van der Waals surface area contributed by atoms with Gasteiger partial charge >= 0.3 is 12.2 Å². The van der Waals surface area contributed by atoms with E-state index in [9.17, 15) is 18.0 Å². The van der Waals surface area contributed by atoms with Crippen molar-refractivity contribution in [2.24, 2.45) is 0 Å². The maximum absolute atomic E-state index is 13.0. The molecular weight excluding hydrogens is 347 g/mol. The van der Waals surface area contributed by atoms with Crippen molar-refractivity contribution in [3.05, 3.63) is 53.9 Å². The lowest BCUT2D eigenvalue weighted by Crippen LogP contribution is -2.40. The Morgan fingerprint density at radius 3 is 2.35 bits per heavy atom. The number of amides is 1. The molecule has 0 unspecified atom stereocenters. The van der Waals surface area contributed by atoms with Gasteiger partial charge in [0.05, 0.1) is 11.1 Å². The Balaban J connectivity index is 1.56. The molecule has 0 aliphatic heterocycles. The van der Waals surface area contributed by atoms with Gasteiger partial charge in [0.1, 0.15) is 6.10 Å². The summed E-state index contributed by atoms with van der Waals surface area (Å²) in [5, 5.41) is 2.71. The first-order valence-electron chi connectivity index (χ1n) is 8.34. The molecule has 5 nitrogen and oxygen atoms in total. The molecule has 1 heterocycles. The Labute approximate surface area is 148 Å². The van der Waals surface area contributed by atoms with E-state index in [-0.39, 0.29) is 17.7 Å². The van der Waals surface area contributed by atoms with Crippen LogP contribution in [0.3, 0.4) is 0 Å². The van der Waals surface area contributed by atoms with Crippen molar-refractivity contribution in [3.63, 3.8) is 0 Å². The van der Waals surface area contributed by atoms with Gasteiger partial charge in [0.2, 0.25) is 0 Å². The predicted molar refractivity (Wildman–Crippen MR) is 87.6 cm³/mol. The topological polar surface area (TPSA) is 64.1 Å². The van der Waals surface area contributed by atoms with Gasteiger partial charge in [-0.25, -0.2) is 9.97 Å². The summed E-state index contributed by atoms with van der Waals surface area (Å²) >= 11 is 0. The summed E-state index contributed by atoms with van der Waals surface area (Å²) in [5.41, 5.74) is -1.27. The summed E-state index contributed by atoms with van der Waals surface area (Å²) in [6, 6.07) is 6.62. The maximum atomic E-state index is 13.0. The van der Waals surface area contributed by atoms with Crippen LogP contribution in [0.25, 0.3) is 0 Å². The predicted octanol–water partition coefficient (Wildman–Crippen LogP) is 3.62. The molecule has 1 aromatic heterocycles. The molecule has 1 saturated carbocycles. The first-order chi connectivity index (χ1) is 12.4. The fourth-order valence-electron chi connectivity index (χ4n) is 3.01. The van der Waals surface area contributed by atoms with E-state index >= 15 is 0 Å². The number of halogens is 3. The lowest BCUT2D eigenvalue weighted by Gasteiger charge is -2.29. The molecule has 8 heteroatoms. The number of nitrogens with one attached hydrogen (secondary N) is 1. The summed E-state index contributed by atoms with van der Waals surface area (Å²) in [6.45, 7) is 0. The zero-order chi connectivity index (χ0) is 18.6. The van der Waals surface area contributed by atoms with Crippen LogP contribution in [0.1, 0.15) is 41.6 Å². The number of nitrogens with zero attached hydrogens (tertiary/aromatic N) is 2. The summed E-state index contributed by atoms with van der Waals surface area (Å²) in [4.78, 5) is 20.3. The third kappa shape index (κ3) is 4.50. The monoisotopic (exact) mass is 365 g/mol. The zero-order valence-electron chi connectivity index (χ0n) is 13.9. The lowest BCUT2D eigenvalue weighted by molar-refractivity contribution is -0.137. The van der Waals surface area contributed by atoms with Gasteiger partial charge in [0.15, 0.2) is 0 Å². The summed E-state index contributed by atoms with van der Waals surface area (Å²) < 4.78 is 44.8. The molecule has 26 heavy (non-hydrogen) atoms. The molecular formula is C18H18F3N3O2. The Morgan fingerprint density at radius 2 is 1.69 bits per heavy atom. The van der Waals surface area contributed by atoms with Crippen LogP contribution in [0.5, 0.6) is 6.01 Å². The van der Waals surface area contributed by atoms with Crippen LogP contribution in [0.15, 0.2) is 42.7 Å². The molecule has 1 amide bonds. The fourth-order valence-corrected chi connectivity index (χ4v) is 3.01. The average molecular weight is 365 g/mol. The van der Waals surface area contributed by atoms with Crippen molar-refractivity contribution in [1.82, 2.24) is 15.3 Å². The minimum Gasteiger partial charge on any atom is -0.460 e. The highest BCUT2D eigenvalue weighted by Gasteiger charge is 2.35. The number of alkyl halides is 3. The van der Waals surface area contributed by atoms with Gasteiger partial charge < -0.3 is 10.1 Å². The van der Waals surface area contributed by atoms with Crippen molar-refractivity contribution >= 4 is 5.91 Å². The van der Waals surface area contributed by atoms with Gasteiger partial charge in [-0.1, -0.05) is 12.1 Å². The van der Waals surface area contributed by atoms with E-state index in [1.54, 1.807) is 18.5 Å². The van der Waals surface area contributed by atoms with Crippen LogP contribution in [-0.4, -0.2) is 28.0 Å². The van der Waals surface area contributed by atoms with E-state index in [1.807, 2.05) is 0 Å². The van der Waals surface area contributed by atoms with Crippen molar-refractivity contribution < 1.29 is 22.7 Å². The minimum absolute atomic E-state index is 0.0620. The highest BCUT2D eigenvalue weighted by molar-refractivity contribution is 5.96. The Bertz CT molecular complexity index is 745. The first-order valence-corrected chi connectivity index (χ1v) is 8.34. The van der Waals surface area contributed by atoms with Crippen LogP contribution < -0.4 is 10.1 Å². The first kappa shape index (κ1) is 18.2. The molecule has 138 valence electrons. The molecule has 1 fully saturated rings. The number of carbonyl (C=O) groups excluding carboxylic acids is 1. The summed E-state index contributed by atoms with van der Waals surface area (Å²) in [5.74, 6) is -0.700. The number of hydrogen-bond donors (Lipinski definition) is 1. The fraction of sp³-hybridized carbons (Fsp3) is 0.389. The highest BCUT2D eigenvalue weighted by Crippen LogP contribution is 2.32. The van der Waals surface area contributed by atoms with Crippen LogP contribution >= 0.6 is 0 Å². The number of aromatic nitrogens is 2. The Hall–Kier alpha value is -2.64. The van der Waals surface area contributed by atoms with Crippen molar-refractivity contribution in [2.75, 3.05) is 0 Å². The minimum atomic E-state index is -4.56. The second kappa shape index (κ2) is 7.72. The zero-order valence-corrected chi connectivity index (χ0v) is 13.9. The molecule has 1 aliphatic rings. The molecule has 1 aromatic carbocycles. The SMILES string of the molecule is O=C(NC1CCC(Oc2ncccn2)CC1)c1ccccc1C(F)(F)F. The molecule has 0 saturated heterocycles. The summed E-state index contributed by atoms with van der Waals surface area (Å²) in [6.07, 6.45) is 1.14. The molecule has 0 radical (unpaired) electrons. The van der Waals surface area contributed by atoms with E-state index < -0.39 is 17.6 Å². The second-order valence-electron chi connectivity index (χ2n) is 6.14. The molecule has 3 rings (SSSR count). The van der Waals surface area contributed by atoms with Crippen LogP contribution in [0.2, 0.25) is 0 Å². The highest BCUT2D eigenvalue weighted by atomic mass is 19.4. The van der Waals surface area contributed by atoms with Gasteiger partial charge in [-0.15, -0.1) is 0 Å². The number of ether oxygens (including phenoxy) is 1. The molecule has 1 N–H and O–H groups in total. The second-order valence-corrected chi connectivity index (χ2v) is 6.14. The van der Waals surface area contributed by atoms with E-state index in [2.05, 4.69) is 15.3 Å². The number of hydrogen-bond acceptors (Lipinski definition) is 4. The van der Waals surface area contributed by atoms with Crippen LogP contribution in [0, 0.1) is 0 Å². The molecule has 0 bridgehead atoms. The molecule has 1 aliphatic carbocycles. The van der Waals surface area contributed by atoms with Crippen LogP contribution in [0.4, 0.5) is 13.2 Å². The molecule has 0 spiro atoms. The van der Waals surface area contributed by atoms with Gasteiger partial charge in [-0.05, 0) is 43.9 Å². The van der Waals surface area contributed by atoms with Gasteiger partial charge in [0, 0.05) is 18.4 Å². The van der Waals surface area contributed by atoms with Crippen molar-refractivity contribution in [3.8, 4) is 6.01 Å². The third-order valence-electron chi connectivity index (χ3n) is 4.30. The maximum Gasteiger partial charge on any atom is 0.417 e. The standard InChI is InChI=1S/C18H18F3N3O2/c19-18(20,21)15-5-2-1-4-14(15)16(25)24-12-6-8-13(9-7-12)26-17-22-10-3-11-23-17/h1-5,10-13H,6-9H2,(H,24,25). The Kier molecular flexibility index (Phi) is 5.39. The smallest absolute Gasteiger partial charge is 0.417 e. The Morgan fingerprint density at radius 1 is 1.04 bits per heavy atom. The third-order valence-corrected chi connectivity index (χ3v) is 4.30. The van der Waals surface area contributed by atoms with E-state index in [0.717, 1.165) is 6.07 Å². The average Bonchev–Trinajstić information content (AvgIpc) is 2.63. The van der Waals surface area contributed by atoms with Crippen molar-refractivity contribution in [1.29, 1.82) is 0 Å². The summed E-state index contributed by atoms with van der Waals surface area (Å²) in [7, 11) is 0. The molecule has 2 aromatic rings. The number of benzene rings is 1. The van der Waals surface area contributed by atoms with Gasteiger partial charge in [-0.2, -0.15) is 13.2 Å². The quantitative estimate of drug-likeness (QED) is 0.899. The van der Waals surface area contributed by atoms with E-state index in [1.165, 1.54) is 18.2 Å². The largest absolute Gasteiger partial charge is 0.460 e.